The molecule has 0 radical (unpaired) electrons. The second-order valence-electron chi connectivity index (χ2n) is 3.01. The molecule has 0 aromatic heterocycles. The van der Waals surface area contributed by atoms with Crippen LogP contribution in [-0.4, -0.2) is 16.0 Å². The maximum Gasteiger partial charge on any atom is 0.243 e. The zero-order valence-corrected chi connectivity index (χ0v) is 11.6. The van der Waals surface area contributed by atoms with E-state index < -0.39 is 0 Å². The largest absolute Gasteiger partial charge is 0.273 e. The van der Waals surface area contributed by atoms with Crippen LogP contribution in [-0.2, 0) is 4.79 Å². The lowest BCUT2D eigenvalue weighted by Gasteiger charge is -2.16. The van der Waals surface area contributed by atoms with Gasteiger partial charge in [-0.15, -0.1) is 0 Å². The third-order valence-corrected chi connectivity index (χ3v) is 4.53. The summed E-state index contributed by atoms with van der Waals surface area (Å²) in [5.41, 5.74) is 0.555. The summed E-state index contributed by atoms with van der Waals surface area (Å²) in [4.78, 5) is 13.0. The molecular weight excluding hydrogens is 309 g/mol. The van der Waals surface area contributed by atoms with Gasteiger partial charge < -0.3 is 0 Å². The van der Waals surface area contributed by atoms with Crippen molar-refractivity contribution in [3.8, 4) is 0 Å². The van der Waals surface area contributed by atoms with Gasteiger partial charge in [0.05, 0.1) is 26.5 Å². The Bertz CT molecular complexity index is 453. The van der Waals surface area contributed by atoms with Gasteiger partial charge in [-0.3, -0.25) is 9.69 Å². The van der Waals surface area contributed by atoms with Gasteiger partial charge >= 0.3 is 0 Å². The maximum absolute atomic E-state index is 11.6. The standard InChI is InChI=1S/C9H4Cl3NOS2/c10-5-1-4(2-6(11)8(5)12)13-7(14)3-16-9(13)15/h1-2H,3H2. The Morgan fingerprint density at radius 3 is 2.25 bits per heavy atom. The highest BCUT2D eigenvalue weighted by Crippen LogP contribution is 2.36. The molecule has 0 aliphatic carbocycles. The van der Waals surface area contributed by atoms with Crippen molar-refractivity contribution in [3.63, 3.8) is 0 Å². The fourth-order valence-corrected chi connectivity index (χ4v) is 2.96. The average Bonchev–Trinajstić information content (AvgIpc) is 2.54. The zero-order chi connectivity index (χ0) is 11.9. The van der Waals surface area contributed by atoms with Gasteiger partial charge in [-0.05, 0) is 12.1 Å². The normalized spacial score (nSPS) is 16.1. The molecule has 0 bridgehead atoms. The molecule has 84 valence electrons. The number of carbonyl (C=O) groups is 1. The topological polar surface area (TPSA) is 20.3 Å². The molecule has 1 fully saturated rings. The lowest BCUT2D eigenvalue weighted by atomic mass is 10.3. The number of hydrogen-bond donors (Lipinski definition) is 0. The number of benzene rings is 1. The van der Waals surface area contributed by atoms with Crippen LogP contribution in [0.3, 0.4) is 0 Å². The summed E-state index contributed by atoms with van der Waals surface area (Å²) >= 11 is 24.0. The molecule has 7 heteroatoms. The number of amides is 1. The molecule has 1 aliphatic heterocycles. The first-order chi connectivity index (χ1) is 7.50. The summed E-state index contributed by atoms with van der Waals surface area (Å²) in [7, 11) is 0. The lowest BCUT2D eigenvalue weighted by molar-refractivity contribution is -0.115. The van der Waals surface area contributed by atoms with Crippen LogP contribution < -0.4 is 4.90 Å². The van der Waals surface area contributed by atoms with Crippen molar-refractivity contribution in [1.82, 2.24) is 0 Å². The van der Waals surface area contributed by atoms with Gasteiger partial charge in [0, 0.05) is 0 Å². The molecule has 2 rings (SSSR count). The summed E-state index contributed by atoms with van der Waals surface area (Å²) in [6.45, 7) is 0. The van der Waals surface area contributed by atoms with Gasteiger partial charge in [-0.1, -0.05) is 58.8 Å². The minimum atomic E-state index is -0.0792. The fourth-order valence-electron chi connectivity index (χ4n) is 1.28. The quantitative estimate of drug-likeness (QED) is 0.577. The zero-order valence-electron chi connectivity index (χ0n) is 7.67. The molecular formula is C9H4Cl3NOS2. The Labute approximate surface area is 117 Å². The predicted molar refractivity (Wildman–Crippen MR) is 74.0 cm³/mol. The SMILES string of the molecule is O=C1CSC(=S)N1c1cc(Cl)c(Cl)c(Cl)c1. The number of thioether (sulfide) groups is 1. The molecule has 1 saturated heterocycles. The summed E-state index contributed by atoms with van der Waals surface area (Å²) in [5, 5.41) is 0.880. The van der Waals surface area contributed by atoms with Crippen molar-refractivity contribution in [2.45, 2.75) is 0 Å². The van der Waals surface area contributed by atoms with E-state index in [0.29, 0.717) is 25.8 Å². The van der Waals surface area contributed by atoms with E-state index in [-0.39, 0.29) is 10.9 Å². The van der Waals surface area contributed by atoms with Gasteiger partial charge in [0.15, 0.2) is 0 Å². The van der Waals surface area contributed by atoms with Crippen molar-refractivity contribution < 1.29 is 4.79 Å². The van der Waals surface area contributed by atoms with E-state index in [4.69, 9.17) is 47.0 Å². The first-order valence-corrected chi connectivity index (χ1v) is 6.67. The smallest absolute Gasteiger partial charge is 0.243 e. The number of nitrogens with zero attached hydrogens (tertiary/aromatic N) is 1. The summed E-state index contributed by atoms with van der Waals surface area (Å²) in [6.07, 6.45) is 0. The Kier molecular flexibility index (Phi) is 3.66. The van der Waals surface area contributed by atoms with Crippen molar-refractivity contribution >= 4 is 74.7 Å². The molecule has 0 spiro atoms. The number of halogens is 3. The molecule has 2 nitrogen and oxygen atoms in total. The average molecular weight is 313 g/mol. The van der Waals surface area contributed by atoms with Crippen LogP contribution >= 0.6 is 58.8 Å². The van der Waals surface area contributed by atoms with E-state index in [1.165, 1.54) is 16.7 Å². The van der Waals surface area contributed by atoms with Crippen molar-refractivity contribution in [2.24, 2.45) is 0 Å². The summed E-state index contributed by atoms with van der Waals surface area (Å²) < 4.78 is 0.499. The van der Waals surface area contributed by atoms with Crippen LogP contribution in [0.4, 0.5) is 5.69 Å². The third-order valence-electron chi connectivity index (χ3n) is 1.98. The maximum atomic E-state index is 11.6. The van der Waals surface area contributed by atoms with Gasteiger partial charge in [0.25, 0.3) is 0 Å². The monoisotopic (exact) mass is 311 g/mol. The number of thiocarbonyl (C=S) groups is 1. The van der Waals surface area contributed by atoms with Crippen LogP contribution in [0.15, 0.2) is 12.1 Å². The first kappa shape index (κ1) is 12.5. The van der Waals surface area contributed by atoms with Crippen LogP contribution in [0.5, 0.6) is 0 Å². The van der Waals surface area contributed by atoms with Crippen LogP contribution in [0.25, 0.3) is 0 Å². The molecule has 1 heterocycles. The van der Waals surface area contributed by atoms with E-state index in [2.05, 4.69) is 0 Å². The van der Waals surface area contributed by atoms with Gasteiger partial charge in [0.2, 0.25) is 5.91 Å². The molecule has 16 heavy (non-hydrogen) atoms. The highest BCUT2D eigenvalue weighted by molar-refractivity contribution is 8.24. The van der Waals surface area contributed by atoms with E-state index in [1.807, 2.05) is 0 Å². The van der Waals surface area contributed by atoms with Crippen LogP contribution in [0.1, 0.15) is 0 Å². The second-order valence-corrected chi connectivity index (χ2v) is 5.81. The molecule has 1 amide bonds. The van der Waals surface area contributed by atoms with Gasteiger partial charge in [0.1, 0.15) is 4.32 Å². The second kappa shape index (κ2) is 4.70. The lowest BCUT2D eigenvalue weighted by Crippen LogP contribution is -2.27. The molecule has 0 saturated carbocycles. The van der Waals surface area contributed by atoms with Crippen molar-refractivity contribution in [3.05, 3.63) is 27.2 Å². The van der Waals surface area contributed by atoms with Crippen molar-refractivity contribution in [1.29, 1.82) is 0 Å². The number of hydrogen-bond acceptors (Lipinski definition) is 3. The Morgan fingerprint density at radius 1 is 1.25 bits per heavy atom. The van der Waals surface area contributed by atoms with Gasteiger partial charge in [-0.25, -0.2) is 0 Å². The molecule has 1 aromatic carbocycles. The molecule has 0 N–H and O–H groups in total. The minimum Gasteiger partial charge on any atom is -0.273 e. The van der Waals surface area contributed by atoms with E-state index in [1.54, 1.807) is 12.1 Å². The number of carbonyl (C=O) groups excluding carboxylic acids is 1. The fraction of sp³-hybridized carbons (Fsp3) is 0.111. The van der Waals surface area contributed by atoms with Crippen LogP contribution in [0, 0.1) is 0 Å². The van der Waals surface area contributed by atoms with E-state index in [0.717, 1.165) is 0 Å². The van der Waals surface area contributed by atoms with Crippen molar-refractivity contribution in [2.75, 3.05) is 10.7 Å². The summed E-state index contributed by atoms with van der Waals surface area (Å²) in [5.74, 6) is 0.265. The highest BCUT2D eigenvalue weighted by atomic mass is 35.5. The Morgan fingerprint density at radius 2 is 1.81 bits per heavy atom. The Balaban J connectivity index is 2.48. The molecule has 1 aliphatic rings. The summed E-state index contributed by atoms with van der Waals surface area (Å²) in [6, 6.07) is 3.15. The first-order valence-electron chi connectivity index (χ1n) is 4.15. The third kappa shape index (κ3) is 2.17. The van der Waals surface area contributed by atoms with E-state index >= 15 is 0 Å². The molecule has 0 unspecified atom stereocenters. The molecule has 1 aromatic rings. The van der Waals surface area contributed by atoms with Crippen LogP contribution in [0.2, 0.25) is 15.1 Å². The number of anilines is 1. The Hall–Kier alpha value is -0.000000000000000167. The minimum absolute atomic E-state index is 0.0792. The number of rotatable bonds is 1. The van der Waals surface area contributed by atoms with E-state index in [9.17, 15) is 4.79 Å². The highest BCUT2D eigenvalue weighted by Gasteiger charge is 2.28. The molecule has 0 atom stereocenters. The predicted octanol–water partition coefficient (Wildman–Crippen LogP) is 4.01. The van der Waals surface area contributed by atoms with Gasteiger partial charge in [-0.2, -0.15) is 0 Å².